The number of aliphatic hydroxyl groups is 8. The Morgan fingerprint density at radius 3 is 2.13 bits per heavy atom. The zero-order chi connectivity index (χ0) is 17.4. The van der Waals surface area contributed by atoms with E-state index < -0.39 is 74.6 Å². The van der Waals surface area contributed by atoms with Gasteiger partial charge in [-0.3, -0.25) is 0 Å². The van der Waals surface area contributed by atoms with Gasteiger partial charge in [-0.15, -0.1) is 0 Å². The summed E-state index contributed by atoms with van der Waals surface area (Å²) in [6, 6.07) is 0. The van der Waals surface area contributed by atoms with Gasteiger partial charge in [0, 0.05) is 0 Å². The highest BCUT2D eigenvalue weighted by Crippen LogP contribution is 2.32. The average Bonchev–Trinajstić information content (AvgIpc) is 2.56. The van der Waals surface area contributed by atoms with Gasteiger partial charge in [0.1, 0.15) is 49.3 Å². The van der Waals surface area contributed by atoms with Crippen LogP contribution in [0.3, 0.4) is 0 Å². The maximum atomic E-state index is 10.00. The Balaban J connectivity index is 2.17. The van der Waals surface area contributed by atoms with Gasteiger partial charge in [-0.1, -0.05) is 0 Å². The van der Waals surface area contributed by atoms with Gasteiger partial charge in [0.05, 0.1) is 13.2 Å². The second kappa shape index (κ2) is 7.21. The first kappa shape index (κ1) is 18.9. The second-order valence-corrected chi connectivity index (χ2v) is 5.60. The molecule has 2 saturated heterocycles. The molecule has 0 aromatic heterocycles. The smallest absolute Gasteiger partial charge is 0.223 e. The van der Waals surface area contributed by atoms with Crippen molar-refractivity contribution in [3.63, 3.8) is 0 Å². The molecule has 11 heteroatoms. The lowest BCUT2D eigenvalue weighted by molar-refractivity contribution is -0.415. The molecule has 11 nitrogen and oxygen atoms in total. The van der Waals surface area contributed by atoms with Crippen LogP contribution in [-0.2, 0) is 14.2 Å². The zero-order valence-corrected chi connectivity index (χ0v) is 12.0. The van der Waals surface area contributed by atoms with E-state index in [0.29, 0.717) is 0 Å². The third-order valence-electron chi connectivity index (χ3n) is 4.05. The van der Waals surface area contributed by atoms with Gasteiger partial charge >= 0.3 is 0 Å². The third-order valence-corrected chi connectivity index (χ3v) is 4.05. The van der Waals surface area contributed by atoms with Crippen molar-refractivity contribution in [1.82, 2.24) is 0 Å². The van der Waals surface area contributed by atoms with Crippen molar-refractivity contribution in [3.05, 3.63) is 0 Å². The summed E-state index contributed by atoms with van der Waals surface area (Å²) in [6.07, 6.45) is -13.0. The Hall–Kier alpha value is -0.440. The molecule has 2 heterocycles. The van der Waals surface area contributed by atoms with Crippen LogP contribution in [0.2, 0.25) is 0 Å². The molecule has 0 aromatic rings. The lowest BCUT2D eigenvalue weighted by Gasteiger charge is -2.48. The van der Waals surface area contributed by atoms with Crippen molar-refractivity contribution < 1.29 is 55.1 Å². The quantitative estimate of drug-likeness (QED) is 0.243. The molecule has 0 bridgehead atoms. The summed E-state index contributed by atoms with van der Waals surface area (Å²) in [6.45, 7) is -2.13. The SMILES string of the molecule is OC[C@H]1OC(OC2(CO)OC[C@H](O)[C@H](O)[C@H]2O)[C@H](O)[C@@H](O)[C@@H]1O. The maximum absolute atomic E-state index is 10.00. The first-order chi connectivity index (χ1) is 10.8. The Morgan fingerprint density at radius 1 is 0.913 bits per heavy atom. The van der Waals surface area contributed by atoms with E-state index in [4.69, 9.17) is 19.3 Å². The molecule has 23 heavy (non-hydrogen) atoms. The standard InChI is InChI=1S/C12H22O11/c13-1-5-7(17)8(18)9(19)11(22-5)23-12(3-14)10(20)6(16)4(15)2-21-12/h4-11,13-20H,1-3H2/t4-,5+,6-,7+,8-,9+,10+,11?,12?/m0/s1. The molecule has 0 amide bonds. The van der Waals surface area contributed by atoms with Crippen molar-refractivity contribution >= 4 is 0 Å². The summed E-state index contributed by atoms with van der Waals surface area (Å²) < 4.78 is 15.4. The van der Waals surface area contributed by atoms with Crippen LogP contribution in [0.5, 0.6) is 0 Å². The third kappa shape index (κ3) is 3.36. The highest BCUT2D eigenvalue weighted by Gasteiger charge is 2.55. The van der Waals surface area contributed by atoms with Crippen LogP contribution in [-0.4, -0.2) is 115 Å². The first-order valence-electron chi connectivity index (χ1n) is 7.04. The van der Waals surface area contributed by atoms with E-state index in [-0.39, 0.29) is 0 Å². The minimum atomic E-state index is -2.23. The fourth-order valence-corrected chi connectivity index (χ4v) is 2.52. The molecule has 0 saturated carbocycles. The monoisotopic (exact) mass is 342 g/mol. The van der Waals surface area contributed by atoms with Crippen LogP contribution in [0.1, 0.15) is 0 Å². The fraction of sp³-hybridized carbons (Fsp3) is 1.00. The number of hydrogen-bond donors (Lipinski definition) is 8. The molecule has 0 spiro atoms. The van der Waals surface area contributed by atoms with Crippen LogP contribution >= 0.6 is 0 Å². The van der Waals surface area contributed by atoms with E-state index in [1.165, 1.54) is 0 Å². The normalized spacial score (nSPS) is 51.7. The van der Waals surface area contributed by atoms with Gasteiger partial charge in [0.15, 0.2) is 6.29 Å². The van der Waals surface area contributed by atoms with Gasteiger partial charge in [0.2, 0.25) is 5.79 Å². The molecule has 0 radical (unpaired) electrons. The van der Waals surface area contributed by atoms with Crippen molar-refractivity contribution in [1.29, 1.82) is 0 Å². The molecule has 0 aliphatic carbocycles. The molecule has 0 aromatic carbocycles. The van der Waals surface area contributed by atoms with Gasteiger partial charge in [-0.2, -0.15) is 0 Å². The Bertz CT molecular complexity index is 393. The highest BCUT2D eigenvalue weighted by molar-refractivity contribution is 4.95. The van der Waals surface area contributed by atoms with E-state index in [1.807, 2.05) is 0 Å². The van der Waals surface area contributed by atoms with Crippen LogP contribution in [0.25, 0.3) is 0 Å². The minimum Gasteiger partial charge on any atom is -0.394 e. The van der Waals surface area contributed by atoms with Gasteiger partial charge < -0.3 is 55.1 Å². The maximum Gasteiger partial charge on any atom is 0.223 e. The fourth-order valence-electron chi connectivity index (χ4n) is 2.52. The van der Waals surface area contributed by atoms with Crippen LogP contribution < -0.4 is 0 Å². The van der Waals surface area contributed by atoms with E-state index in [0.717, 1.165) is 0 Å². The van der Waals surface area contributed by atoms with Crippen LogP contribution in [0, 0.1) is 0 Å². The van der Waals surface area contributed by atoms with Crippen molar-refractivity contribution in [3.8, 4) is 0 Å². The lowest BCUT2D eigenvalue weighted by atomic mass is 9.96. The van der Waals surface area contributed by atoms with Crippen LogP contribution in [0.4, 0.5) is 0 Å². The Morgan fingerprint density at radius 2 is 1.57 bits per heavy atom. The molecule has 2 aliphatic heterocycles. The molecule has 136 valence electrons. The summed E-state index contributed by atoms with van der Waals surface area (Å²) in [5.74, 6) is -2.23. The minimum absolute atomic E-state index is 0.476. The predicted molar refractivity (Wildman–Crippen MR) is 68.6 cm³/mol. The topological polar surface area (TPSA) is 190 Å². The summed E-state index contributed by atoms with van der Waals surface area (Å²) in [5, 5.41) is 77.0. The van der Waals surface area contributed by atoms with Crippen molar-refractivity contribution in [2.24, 2.45) is 0 Å². The van der Waals surface area contributed by atoms with Crippen molar-refractivity contribution in [2.45, 2.75) is 54.8 Å². The molecule has 2 rings (SSSR count). The molecule has 9 atom stereocenters. The lowest BCUT2D eigenvalue weighted by Crippen LogP contribution is -2.68. The van der Waals surface area contributed by atoms with E-state index in [1.54, 1.807) is 0 Å². The number of ether oxygens (including phenoxy) is 3. The molecule has 2 unspecified atom stereocenters. The highest BCUT2D eigenvalue weighted by atomic mass is 16.8. The van der Waals surface area contributed by atoms with Crippen molar-refractivity contribution in [2.75, 3.05) is 19.8 Å². The van der Waals surface area contributed by atoms with Crippen LogP contribution in [0.15, 0.2) is 0 Å². The molecular formula is C12H22O11. The summed E-state index contributed by atoms with van der Waals surface area (Å²) in [7, 11) is 0. The number of aliphatic hydroxyl groups excluding tert-OH is 8. The molecular weight excluding hydrogens is 320 g/mol. The zero-order valence-electron chi connectivity index (χ0n) is 12.0. The van der Waals surface area contributed by atoms with E-state index in [9.17, 15) is 35.7 Å². The molecule has 2 fully saturated rings. The Labute approximate surface area is 130 Å². The van der Waals surface area contributed by atoms with Gasteiger partial charge in [-0.05, 0) is 0 Å². The summed E-state index contributed by atoms with van der Waals surface area (Å²) in [5.41, 5.74) is 0. The average molecular weight is 342 g/mol. The van der Waals surface area contributed by atoms with E-state index >= 15 is 0 Å². The second-order valence-electron chi connectivity index (χ2n) is 5.60. The summed E-state index contributed by atoms with van der Waals surface area (Å²) in [4.78, 5) is 0. The van der Waals surface area contributed by atoms with E-state index in [2.05, 4.69) is 0 Å². The predicted octanol–water partition coefficient (Wildman–Crippen LogP) is -5.40. The number of rotatable bonds is 4. The van der Waals surface area contributed by atoms with Gasteiger partial charge in [0.25, 0.3) is 0 Å². The number of hydrogen-bond acceptors (Lipinski definition) is 11. The van der Waals surface area contributed by atoms with Gasteiger partial charge in [-0.25, -0.2) is 0 Å². The molecule has 2 aliphatic rings. The Kier molecular flexibility index (Phi) is 5.92. The first-order valence-corrected chi connectivity index (χ1v) is 7.04. The molecule has 8 N–H and O–H groups in total. The summed E-state index contributed by atoms with van der Waals surface area (Å²) >= 11 is 0. The largest absolute Gasteiger partial charge is 0.394 e.